The van der Waals surface area contributed by atoms with Gasteiger partial charge in [0.05, 0.1) is 12.1 Å². The minimum absolute atomic E-state index is 0.0431. The molecular weight excluding hydrogens is 422 g/mol. The molecule has 0 aromatic rings. The number of hydrogen-bond acceptors (Lipinski definition) is 7. The minimum atomic E-state index is -1.43. The lowest BCUT2D eigenvalue weighted by atomic mass is 9.97. The van der Waals surface area contributed by atoms with Crippen LogP contribution in [-0.2, 0) is 24.0 Å². The lowest BCUT2D eigenvalue weighted by Crippen LogP contribution is -2.61. The van der Waals surface area contributed by atoms with Crippen LogP contribution < -0.4 is 27.4 Å². The van der Waals surface area contributed by atoms with Crippen LogP contribution in [0.3, 0.4) is 0 Å². The van der Waals surface area contributed by atoms with E-state index in [4.69, 9.17) is 11.5 Å². The number of nitrogens with one attached hydrogen (secondary N) is 3. The number of carboxylic acids is 1. The molecule has 0 aromatic heterocycles. The molecule has 12 heteroatoms. The van der Waals surface area contributed by atoms with Crippen molar-refractivity contribution in [3.63, 3.8) is 0 Å². The van der Waals surface area contributed by atoms with E-state index in [0.717, 1.165) is 0 Å². The third-order valence-electron chi connectivity index (χ3n) is 5.12. The highest BCUT2D eigenvalue weighted by Crippen LogP contribution is 2.10. The van der Waals surface area contributed by atoms with Gasteiger partial charge in [0.15, 0.2) is 0 Å². The van der Waals surface area contributed by atoms with E-state index in [0.29, 0.717) is 6.42 Å². The van der Waals surface area contributed by atoms with Crippen LogP contribution in [0.2, 0.25) is 0 Å². The van der Waals surface area contributed by atoms with Crippen LogP contribution >= 0.6 is 0 Å². The van der Waals surface area contributed by atoms with Crippen molar-refractivity contribution in [2.24, 2.45) is 23.3 Å². The van der Waals surface area contributed by atoms with E-state index in [1.54, 1.807) is 27.7 Å². The van der Waals surface area contributed by atoms with E-state index in [1.165, 1.54) is 6.92 Å². The van der Waals surface area contributed by atoms with Gasteiger partial charge < -0.3 is 37.6 Å². The summed E-state index contributed by atoms with van der Waals surface area (Å²) in [6, 6.07) is -4.81. The molecule has 0 fully saturated rings. The number of rotatable bonds is 14. The summed E-state index contributed by atoms with van der Waals surface area (Å²) in [7, 11) is 0. The van der Waals surface area contributed by atoms with E-state index in [1.807, 2.05) is 0 Å². The van der Waals surface area contributed by atoms with E-state index >= 15 is 0 Å². The maximum Gasteiger partial charge on any atom is 0.326 e. The Morgan fingerprint density at radius 1 is 0.844 bits per heavy atom. The summed E-state index contributed by atoms with van der Waals surface area (Å²) in [5.74, 6) is -4.92. The van der Waals surface area contributed by atoms with E-state index in [2.05, 4.69) is 16.0 Å². The van der Waals surface area contributed by atoms with Gasteiger partial charge in [0.25, 0.3) is 0 Å². The highest BCUT2D eigenvalue weighted by molar-refractivity contribution is 5.94. The zero-order valence-electron chi connectivity index (χ0n) is 19.3. The first kappa shape index (κ1) is 29.3. The number of hydrogen-bond donors (Lipinski definition) is 7. The number of aliphatic hydroxyl groups is 1. The molecule has 6 unspecified atom stereocenters. The van der Waals surface area contributed by atoms with Gasteiger partial charge in [-0.15, -0.1) is 0 Å². The first-order chi connectivity index (χ1) is 14.7. The molecule has 4 amide bonds. The SMILES string of the molecule is CCC(C)C(NC(=O)C(NC(=O)C(NC(=O)C(N)CCC(N)=O)C(C)O)C(C)C)C(=O)O. The van der Waals surface area contributed by atoms with Gasteiger partial charge >= 0.3 is 5.97 Å². The maximum atomic E-state index is 12.7. The van der Waals surface area contributed by atoms with Crippen LogP contribution in [0.25, 0.3) is 0 Å². The largest absolute Gasteiger partial charge is 0.480 e. The second-order valence-corrected chi connectivity index (χ2v) is 8.28. The molecule has 0 radical (unpaired) electrons. The van der Waals surface area contributed by atoms with Crippen molar-refractivity contribution < 1.29 is 34.2 Å². The van der Waals surface area contributed by atoms with E-state index in [-0.39, 0.29) is 18.8 Å². The zero-order valence-corrected chi connectivity index (χ0v) is 19.3. The van der Waals surface area contributed by atoms with Crippen molar-refractivity contribution >= 4 is 29.6 Å². The number of amides is 4. The average molecular weight is 460 g/mol. The molecular formula is C20H37N5O7. The van der Waals surface area contributed by atoms with Gasteiger partial charge in [-0.2, -0.15) is 0 Å². The normalized spacial score (nSPS) is 16.8. The molecule has 32 heavy (non-hydrogen) atoms. The highest BCUT2D eigenvalue weighted by Gasteiger charge is 2.34. The molecule has 0 aliphatic rings. The lowest BCUT2D eigenvalue weighted by Gasteiger charge is -2.29. The summed E-state index contributed by atoms with van der Waals surface area (Å²) in [5, 5.41) is 26.6. The summed E-state index contributed by atoms with van der Waals surface area (Å²) in [6.45, 7) is 8.05. The van der Waals surface area contributed by atoms with Crippen LogP contribution in [0.15, 0.2) is 0 Å². The summed E-state index contributed by atoms with van der Waals surface area (Å²) in [4.78, 5) is 60.1. The molecule has 0 heterocycles. The lowest BCUT2D eigenvalue weighted by molar-refractivity contribution is -0.144. The predicted molar refractivity (Wildman–Crippen MR) is 116 cm³/mol. The van der Waals surface area contributed by atoms with Gasteiger partial charge in [-0.25, -0.2) is 4.79 Å². The molecule has 0 saturated carbocycles. The van der Waals surface area contributed by atoms with Crippen molar-refractivity contribution in [1.29, 1.82) is 0 Å². The number of primary amides is 1. The van der Waals surface area contributed by atoms with Crippen LogP contribution in [0.5, 0.6) is 0 Å². The third kappa shape index (κ3) is 9.60. The molecule has 0 aliphatic heterocycles. The Balaban J connectivity index is 5.36. The third-order valence-corrected chi connectivity index (χ3v) is 5.12. The molecule has 0 aromatic carbocycles. The Morgan fingerprint density at radius 3 is 1.72 bits per heavy atom. The average Bonchev–Trinajstić information content (AvgIpc) is 2.70. The molecule has 0 saturated heterocycles. The smallest absolute Gasteiger partial charge is 0.326 e. The van der Waals surface area contributed by atoms with Gasteiger partial charge in [-0.3, -0.25) is 19.2 Å². The maximum absolute atomic E-state index is 12.7. The summed E-state index contributed by atoms with van der Waals surface area (Å²) in [6.07, 6.45) is -0.984. The van der Waals surface area contributed by atoms with Crippen molar-refractivity contribution in [3.05, 3.63) is 0 Å². The molecule has 184 valence electrons. The highest BCUT2D eigenvalue weighted by atomic mass is 16.4. The number of carboxylic acid groups (broad SMARTS) is 1. The molecule has 0 aliphatic carbocycles. The predicted octanol–water partition coefficient (Wildman–Crippen LogP) is -1.80. The summed E-state index contributed by atoms with van der Waals surface area (Å²) < 4.78 is 0. The standard InChI is InChI=1S/C20H37N5O7/c1-6-10(4)15(20(31)32)24-18(29)14(9(2)3)23-19(30)16(11(5)26)25-17(28)12(21)7-8-13(22)27/h9-12,14-16,26H,6-8,21H2,1-5H3,(H2,22,27)(H,23,30)(H,24,29)(H,25,28)(H,31,32). The van der Waals surface area contributed by atoms with Gasteiger partial charge in [-0.1, -0.05) is 34.1 Å². The zero-order chi connectivity index (χ0) is 25.2. The number of carbonyl (C=O) groups excluding carboxylic acids is 4. The Morgan fingerprint density at radius 2 is 1.31 bits per heavy atom. The van der Waals surface area contributed by atoms with Crippen LogP contribution in [0.1, 0.15) is 53.9 Å². The topological polar surface area (TPSA) is 214 Å². The molecule has 6 atom stereocenters. The van der Waals surface area contributed by atoms with Crippen LogP contribution in [0.4, 0.5) is 0 Å². The Kier molecular flexibility index (Phi) is 12.5. The van der Waals surface area contributed by atoms with Crippen molar-refractivity contribution in [3.8, 4) is 0 Å². The molecule has 9 N–H and O–H groups in total. The van der Waals surface area contributed by atoms with Gasteiger partial charge in [0.2, 0.25) is 23.6 Å². The minimum Gasteiger partial charge on any atom is -0.480 e. The van der Waals surface area contributed by atoms with Crippen LogP contribution in [0, 0.1) is 11.8 Å². The molecule has 12 nitrogen and oxygen atoms in total. The van der Waals surface area contributed by atoms with Gasteiger partial charge in [0.1, 0.15) is 18.1 Å². The quantitative estimate of drug-likeness (QED) is 0.157. The first-order valence-corrected chi connectivity index (χ1v) is 10.6. The number of carbonyl (C=O) groups is 5. The Bertz CT molecular complexity index is 683. The molecule has 0 spiro atoms. The van der Waals surface area contributed by atoms with Crippen molar-refractivity contribution in [2.75, 3.05) is 0 Å². The molecule has 0 bridgehead atoms. The number of aliphatic hydroxyl groups excluding tert-OH is 1. The van der Waals surface area contributed by atoms with Crippen LogP contribution in [-0.4, -0.2) is 70.1 Å². The Labute approximate surface area is 187 Å². The van der Waals surface area contributed by atoms with E-state index < -0.39 is 65.8 Å². The first-order valence-electron chi connectivity index (χ1n) is 10.6. The fraction of sp³-hybridized carbons (Fsp3) is 0.750. The second kappa shape index (κ2) is 13.6. The second-order valence-electron chi connectivity index (χ2n) is 8.28. The molecule has 0 rings (SSSR count). The summed E-state index contributed by atoms with van der Waals surface area (Å²) >= 11 is 0. The van der Waals surface area contributed by atoms with E-state index in [9.17, 15) is 34.2 Å². The fourth-order valence-electron chi connectivity index (χ4n) is 2.80. The fourth-order valence-corrected chi connectivity index (χ4v) is 2.80. The Hall–Kier alpha value is -2.73. The van der Waals surface area contributed by atoms with Crippen molar-refractivity contribution in [1.82, 2.24) is 16.0 Å². The van der Waals surface area contributed by atoms with Crippen molar-refractivity contribution in [2.45, 2.75) is 84.2 Å². The number of nitrogens with two attached hydrogens (primary N) is 2. The van der Waals surface area contributed by atoms with Gasteiger partial charge in [-0.05, 0) is 25.2 Å². The summed E-state index contributed by atoms with van der Waals surface area (Å²) in [5.41, 5.74) is 10.7. The van der Waals surface area contributed by atoms with Gasteiger partial charge in [0, 0.05) is 6.42 Å². The number of aliphatic carboxylic acids is 1. The monoisotopic (exact) mass is 459 g/mol.